The van der Waals surface area contributed by atoms with E-state index < -0.39 is 0 Å². The van der Waals surface area contributed by atoms with Crippen LogP contribution in [0.4, 0.5) is 0 Å². The first-order valence-electron chi connectivity index (χ1n) is 6.04. The van der Waals surface area contributed by atoms with E-state index in [4.69, 9.17) is 27.9 Å². The summed E-state index contributed by atoms with van der Waals surface area (Å²) in [6.45, 7) is 2.59. The monoisotopic (exact) mass is 484 g/mol. The zero-order chi connectivity index (χ0) is 14.7. The van der Waals surface area contributed by atoms with Crippen molar-refractivity contribution in [3.63, 3.8) is 0 Å². The van der Waals surface area contributed by atoms with Gasteiger partial charge in [0, 0.05) is 8.59 Å². The van der Waals surface area contributed by atoms with E-state index in [1.165, 1.54) is 0 Å². The molecular weight excluding hydrogens is 474 g/mol. The highest BCUT2D eigenvalue weighted by Crippen LogP contribution is 2.36. The van der Waals surface area contributed by atoms with Gasteiger partial charge in [0.2, 0.25) is 0 Å². The molecule has 20 heavy (non-hydrogen) atoms. The summed E-state index contributed by atoms with van der Waals surface area (Å²) in [5, 5.41) is 0.448. The molecule has 0 amide bonds. The molecule has 1 nitrogen and oxygen atoms in total. The average molecular weight is 486 g/mol. The van der Waals surface area contributed by atoms with Crippen molar-refractivity contribution in [2.24, 2.45) is 0 Å². The van der Waals surface area contributed by atoms with Gasteiger partial charge in [0.15, 0.2) is 0 Å². The molecule has 0 aliphatic heterocycles. The molecule has 0 aromatic heterocycles. The summed E-state index contributed by atoms with van der Waals surface area (Å²) in [5.74, 6) is 0.820. The van der Waals surface area contributed by atoms with Gasteiger partial charge in [-0.15, -0.1) is 11.6 Å². The summed E-state index contributed by atoms with van der Waals surface area (Å²) in [7, 11) is 0. The molecule has 0 saturated carbocycles. The minimum Gasteiger partial charge on any atom is -0.493 e. The summed E-state index contributed by atoms with van der Waals surface area (Å²) >= 11 is 18.4. The first-order chi connectivity index (χ1) is 9.52. The van der Waals surface area contributed by atoms with Crippen LogP contribution in [0.5, 0.6) is 5.75 Å². The van der Waals surface area contributed by atoms with Crippen LogP contribution in [0.3, 0.4) is 0 Å². The highest BCUT2D eigenvalue weighted by molar-refractivity contribution is 14.1. The molecule has 0 N–H and O–H groups in total. The second kappa shape index (κ2) is 7.34. The molecular formula is C15H12BrCl2IO. The molecule has 0 bridgehead atoms. The van der Waals surface area contributed by atoms with Crippen LogP contribution in [0.2, 0.25) is 5.02 Å². The van der Waals surface area contributed by atoms with Crippen LogP contribution >= 0.6 is 61.7 Å². The molecule has 2 rings (SSSR count). The molecule has 1 atom stereocenters. The molecule has 0 spiro atoms. The van der Waals surface area contributed by atoms with Gasteiger partial charge >= 0.3 is 0 Å². The lowest BCUT2D eigenvalue weighted by molar-refractivity contribution is 0.338. The number of ether oxygens (including phenoxy) is 1. The lowest BCUT2D eigenvalue weighted by Crippen LogP contribution is -1.98. The molecule has 106 valence electrons. The minimum absolute atomic E-state index is 0.243. The quantitative estimate of drug-likeness (QED) is 0.358. The van der Waals surface area contributed by atoms with E-state index in [0.717, 1.165) is 24.9 Å². The first kappa shape index (κ1) is 16.4. The van der Waals surface area contributed by atoms with E-state index in [-0.39, 0.29) is 5.38 Å². The van der Waals surface area contributed by atoms with E-state index in [9.17, 15) is 0 Å². The van der Waals surface area contributed by atoms with Gasteiger partial charge in [0.05, 0.1) is 16.5 Å². The fraction of sp³-hybridized carbons (Fsp3) is 0.200. The summed E-state index contributed by atoms with van der Waals surface area (Å²) < 4.78 is 7.50. The maximum Gasteiger partial charge on any atom is 0.133 e. The van der Waals surface area contributed by atoms with Crippen LogP contribution < -0.4 is 4.74 Å². The Morgan fingerprint density at radius 3 is 2.65 bits per heavy atom. The summed E-state index contributed by atoms with van der Waals surface area (Å²) in [6, 6.07) is 11.6. The van der Waals surface area contributed by atoms with Crippen molar-refractivity contribution in [1.82, 2.24) is 0 Å². The lowest BCUT2D eigenvalue weighted by Gasteiger charge is -2.14. The molecule has 2 aromatic rings. The van der Waals surface area contributed by atoms with Crippen LogP contribution in [0, 0.1) is 3.57 Å². The van der Waals surface area contributed by atoms with Gasteiger partial charge in [0.25, 0.3) is 0 Å². The van der Waals surface area contributed by atoms with Crippen molar-refractivity contribution in [3.8, 4) is 5.75 Å². The molecule has 2 aromatic carbocycles. The Labute approximate surface area is 150 Å². The smallest absolute Gasteiger partial charge is 0.133 e. The molecule has 1 unspecified atom stereocenters. The van der Waals surface area contributed by atoms with Crippen molar-refractivity contribution >= 4 is 61.7 Å². The maximum atomic E-state index is 6.59. The third-order valence-corrected chi connectivity index (χ3v) is 5.10. The Bertz CT molecular complexity index is 619. The molecule has 0 aliphatic carbocycles. The largest absolute Gasteiger partial charge is 0.493 e. The fourth-order valence-electron chi connectivity index (χ4n) is 1.84. The SMILES string of the molecule is CCOc1ccc(C(Cl)c2cc(Cl)ccc2I)cc1Br. The third kappa shape index (κ3) is 3.81. The second-order valence-corrected chi connectivity index (χ2v) is 7.04. The standard InChI is InChI=1S/C15H12BrCl2IO/c1-2-20-14-6-3-9(7-12(14)16)15(18)11-8-10(17)4-5-13(11)19/h3-8,15H,2H2,1H3. The Hall–Kier alpha value is 0.0300. The van der Waals surface area contributed by atoms with E-state index in [2.05, 4.69) is 38.5 Å². The Morgan fingerprint density at radius 2 is 2.00 bits per heavy atom. The van der Waals surface area contributed by atoms with Gasteiger partial charge in [-0.25, -0.2) is 0 Å². The Morgan fingerprint density at radius 1 is 1.25 bits per heavy atom. The van der Waals surface area contributed by atoms with Crippen LogP contribution in [0.25, 0.3) is 0 Å². The van der Waals surface area contributed by atoms with Crippen LogP contribution in [0.15, 0.2) is 40.9 Å². The summed E-state index contributed by atoms with van der Waals surface area (Å²) in [4.78, 5) is 0. The topological polar surface area (TPSA) is 9.23 Å². The maximum absolute atomic E-state index is 6.59. The first-order valence-corrected chi connectivity index (χ1v) is 8.72. The van der Waals surface area contributed by atoms with Gasteiger partial charge in [-0.1, -0.05) is 17.7 Å². The van der Waals surface area contributed by atoms with Crippen molar-refractivity contribution in [2.75, 3.05) is 6.61 Å². The van der Waals surface area contributed by atoms with Crippen LogP contribution in [-0.4, -0.2) is 6.61 Å². The molecule has 0 saturated heterocycles. The van der Waals surface area contributed by atoms with Crippen LogP contribution in [0.1, 0.15) is 23.4 Å². The molecule has 0 radical (unpaired) electrons. The van der Waals surface area contributed by atoms with E-state index in [1.807, 2.05) is 43.3 Å². The second-order valence-electron chi connectivity index (χ2n) is 4.15. The highest BCUT2D eigenvalue weighted by Gasteiger charge is 2.16. The number of hydrogen-bond donors (Lipinski definition) is 0. The predicted octanol–water partition coefficient (Wildman–Crippen LogP) is 6.43. The zero-order valence-electron chi connectivity index (χ0n) is 10.7. The fourth-order valence-corrected chi connectivity index (χ4v) is 3.67. The van der Waals surface area contributed by atoms with Crippen LogP contribution in [-0.2, 0) is 0 Å². The van der Waals surface area contributed by atoms with Gasteiger partial charge in [-0.05, 0) is 86.9 Å². The van der Waals surface area contributed by atoms with E-state index >= 15 is 0 Å². The molecule has 0 heterocycles. The van der Waals surface area contributed by atoms with E-state index in [0.29, 0.717) is 11.6 Å². The number of alkyl halides is 1. The number of benzene rings is 2. The zero-order valence-corrected chi connectivity index (χ0v) is 15.9. The molecule has 0 aliphatic rings. The number of rotatable bonds is 4. The van der Waals surface area contributed by atoms with Gasteiger partial charge in [-0.2, -0.15) is 0 Å². The lowest BCUT2D eigenvalue weighted by atomic mass is 10.0. The van der Waals surface area contributed by atoms with Crippen molar-refractivity contribution in [1.29, 1.82) is 0 Å². The summed E-state index contributed by atoms with van der Waals surface area (Å²) in [5.41, 5.74) is 2.01. The van der Waals surface area contributed by atoms with Gasteiger partial charge < -0.3 is 4.74 Å². The van der Waals surface area contributed by atoms with Gasteiger partial charge in [0.1, 0.15) is 5.75 Å². The normalized spacial score (nSPS) is 12.2. The van der Waals surface area contributed by atoms with Gasteiger partial charge in [-0.3, -0.25) is 0 Å². The highest BCUT2D eigenvalue weighted by atomic mass is 127. The summed E-state index contributed by atoms with van der Waals surface area (Å²) in [6.07, 6.45) is 0. The van der Waals surface area contributed by atoms with E-state index in [1.54, 1.807) is 0 Å². The Kier molecular flexibility index (Phi) is 6.02. The van der Waals surface area contributed by atoms with Crippen molar-refractivity contribution < 1.29 is 4.74 Å². The third-order valence-electron chi connectivity index (χ3n) is 2.78. The van der Waals surface area contributed by atoms with Crippen molar-refractivity contribution in [3.05, 3.63) is 60.6 Å². The number of halogens is 4. The van der Waals surface area contributed by atoms with Crippen molar-refractivity contribution in [2.45, 2.75) is 12.3 Å². The molecule has 0 fully saturated rings. The minimum atomic E-state index is -0.243. The molecule has 5 heteroatoms. The average Bonchev–Trinajstić information content (AvgIpc) is 2.43. The Balaban J connectivity index is 2.35. The number of hydrogen-bond acceptors (Lipinski definition) is 1. The predicted molar refractivity (Wildman–Crippen MR) is 97.2 cm³/mol.